The van der Waals surface area contributed by atoms with E-state index in [0.717, 1.165) is 11.0 Å². The molecule has 0 aliphatic carbocycles. The zero-order valence-electron chi connectivity index (χ0n) is 22.5. The molecule has 0 atom stereocenters. The van der Waals surface area contributed by atoms with Gasteiger partial charge in [0.15, 0.2) is 5.03 Å². The van der Waals surface area contributed by atoms with Crippen LogP contribution in [0.25, 0.3) is 0 Å². The number of sulfonamides is 1. The first-order valence-corrected chi connectivity index (χ1v) is 14.2. The van der Waals surface area contributed by atoms with Gasteiger partial charge in [-0.1, -0.05) is 43.7 Å². The fourth-order valence-corrected chi connectivity index (χ4v) is 5.14. The van der Waals surface area contributed by atoms with Gasteiger partial charge in [-0.25, -0.2) is 14.2 Å². The molecule has 2 aromatic carbocycles. The molecular weight excluding hydrogens is 553 g/mol. The molecule has 41 heavy (non-hydrogen) atoms. The van der Waals surface area contributed by atoms with E-state index in [9.17, 15) is 27.2 Å². The first-order valence-electron chi connectivity index (χ1n) is 12.8. The van der Waals surface area contributed by atoms with E-state index in [4.69, 9.17) is 5.73 Å². The van der Waals surface area contributed by atoms with Gasteiger partial charge in [0, 0.05) is 31.0 Å². The minimum absolute atomic E-state index is 0.134. The van der Waals surface area contributed by atoms with E-state index in [0.29, 0.717) is 12.0 Å². The van der Waals surface area contributed by atoms with Crippen LogP contribution in [0.15, 0.2) is 75.7 Å². The highest BCUT2D eigenvalue weighted by atomic mass is 32.2. The number of nitrogens with one attached hydrogen (secondary N) is 2. The molecule has 4 rings (SSSR count). The van der Waals surface area contributed by atoms with Crippen molar-refractivity contribution >= 4 is 33.1 Å². The molecule has 14 heteroatoms. The zero-order chi connectivity index (χ0) is 29.7. The van der Waals surface area contributed by atoms with Gasteiger partial charge >= 0.3 is 5.69 Å². The number of hydrogen-bond acceptors (Lipinski definition) is 7. The van der Waals surface area contributed by atoms with Crippen LogP contribution in [0.3, 0.4) is 0 Å². The van der Waals surface area contributed by atoms with Crippen LogP contribution in [0.1, 0.15) is 30.9 Å². The Labute approximate surface area is 235 Å². The van der Waals surface area contributed by atoms with Gasteiger partial charge in [0.2, 0.25) is 5.91 Å². The molecule has 0 saturated heterocycles. The van der Waals surface area contributed by atoms with E-state index in [2.05, 4.69) is 15.0 Å². The maximum atomic E-state index is 14.3. The maximum Gasteiger partial charge on any atom is 0.332 e. The lowest BCUT2D eigenvalue weighted by molar-refractivity contribution is -0.115. The average molecular weight is 584 g/mol. The van der Waals surface area contributed by atoms with Gasteiger partial charge in [-0.15, -0.1) is 0 Å². The summed E-state index contributed by atoms with van der Waals surface area (Å²) in [5.74, 6) is -1.35. The van der Waals surface area contributed by atoms with Crippen LogP contribution < -0.4 is 27.0 Å². The second kappa shape index (κ2) is 12.2. The maximum absolute atomic E-state index is 14.3. The van der Waals surface area contributed by atoms with Gasteiger partial charge in [0.05, 0.1) is 19.3 Å². The number of unbranched alkanes of at least 4 members (excludes halogenated alkanes) is 1. The molecule has 0 bridgehead atoms. The number of nitrogen functional groups attached to an aromatic ring is 1. The predicted molar refractivity (Wildman–Crippen MR) is 153 cm³/mol. The number of hydrogen-bond donors (Lipinski definition) is 3. The summed E-state index contributed by atoms with van der Waals surface area (Å²) in [5, 5.41) is 2.38. The number of anilines is 3. The molecule has 1 amide bonds. The number of rotatable bonds is 11. The summed E-state index contributed by atoms with van der Waals surface area (Å²) in [6, 6.07) is 11.9. The molecule has 12 nitrogen and oxygen atoms in total. The molecule has 0 radical (unpaired) electrons. The number of carbonyl (C=O) groups is 1. The van der Waals surface area contributed by atoms with E-state index in [1.165, 1.54) is 52.0 Å². The Morgan fingerprint density at radius 3 is 2.41 bits per heavy atom. The second-order valence-corrected chi connectivity index (χ2v) is 11.1. The van der Waals surface area contributed by atoms with E-state index < -0.39 is 33.0 Å². The van der Waals surface area contributed by atoms with Crippen molar-refractivity contribution in [2.45, 2.75) is 44.3 Å². The van der Waals surface area contributed by atoms with Crippen LogP contribution in [-0.4, -0.2) is 33.0 Å². The molecule has 2 aromatic heterocycles. The summed E-state index contributed by atoms with van der Waals surface area (Å²) < 4.78 is 45.3. The number of nitrogens with zero attached hydrogens (tertiary/aromatic N) is 4. The minimum Gasteiger partial charge on any atom is -0.383 e. The van der Waals surface area contributed by atoms with E-state index in [1.807, 2.05) is 6.92 Å². The molecule has 0 aliphatic rings. The van der Waals surface area contributed by atoms with Crippen molar-refractivity contribution in [2.75, 3.05) is 15.8 Å². The number of amides is 1. The lowest BCUT2D eigenvalue weighted by Crippen LogP contribution is -2.43. The third-order valence-corrected chi connectivity index (χ3v) is 7.55. The molecule has 0 aliphatic heterocycles. The monoisotopic (exact) mass is 583 g/mol. The Kier molecular flexibility index (Phi) is 8.71. The Balaban J connectivity index is 1.55. The van der Waals surface area contributed by atoms with Crippen molar-refractivity contribution in [3.63, 3.8) is 0 Å². The molecule has 0 saturated carbocycles. The Hall–Kier alpha value is -4.72. The lowest BCUT2D eigenvalue weighted by atomic mass is 10.1. The zero-order valence-corrected chi connectivity index (χ0v) is 23.3. The molecule has 4 aromatic rings. The number of aryl methyl sites for hydroxylation is 1. The molecule has 4 N–H and O–H groups in total. The van der Waals surface area contributed by atoms with Gasteiger partial charge in [-0.05, 0) is 30.2 Å². The van der Waals surface area contributed by atoms with Crippen molar-refractivity contribution in [1.82, 2.24) is 18.7 Å². The summed E-state index contributed by atoms with van der Waals surface area (Å²) in [6.07, 6.45) is 3.89. The molecule has 2 heterocycles. The fraction of sp³-hybridized carbons (Fsp3) is 0.259. The average Bonchev–Trinajstić information content (AvgIpc) is 3.38. The number of imidazole rings is 1. The molecule has 0 fully saturated rings. The third-order valence-electron chi connectivity index (χ3n) is 6.28. The van der Waals surface area contributed by atoms with Crippen LogP contribution in [0, 0.1) is 5.82 Å². The normalized spacial score (nSPS) is 11.4. The van der Waals surface area contributed by atoms with Crippen molar-refractivity contribution in [1.29, 1.82) is 0 Å². The fourth-order valence-electron chi connectivity index (χ4n) is 4.10. The Bertz CT molecular complexity index is 1790. The first kappa shape index (κ1) is 29.3. The highest BCUT2D eigenvalue weighted by Crippen LogP contribution is 2.17. The van der Waals surface area contributed by atoms with Crippen molar-refractivity contribution in [3.05, 3.63) is 98.8 Å². The van der Waals surface area contributed by atoms with Gasteiger partial charge in [0.1, 0.15) is 17.3 Å². The van der Waals surface area contributed by atoms with Crippen LogP contribution in [0.4, 0.5) is 21.6 Å². The Morgan fingerprint density at radius 1 is 1.07 bits per heavy atom. The highest BCUT2D eigenvalue weighted by Gasteiger charge is 2.21. The number of aromatic nitrogens is 4. The standard InChI is InChI=1S/C27H30FN7O5S/c1-3-4-13-34-25(29)24(26(37)35(27(34)38)15-19-7-5-6-8-21(19)28)31-22(36)14-18-9-11-20(12-10-18)32-41(39,40)23-16-33(2)17-30-23/h5-12,16-17,32H,3-4,13-15,29H2,1-2H3,(H,31,36). The second-order valence-electron chi connectivity index (χ2n) is 9.44. The molecule has 216 valence electrons. The van der Waals surface area contributed by atoms with E-state index >= 15 is 0 Å². The minimum atomic E-state index is -3.89. The number of benzene rings is 2. The largest absolute Gasteiger partial charge is 0.383 e. The van der Waals surface area contributed by atoms with Crippen LogP contribution in [-0.2, 0) is 41.4 Å². The summed E-state index contributed by atoms with van der Waals surface area (Å²) >= 11 is 0. The van der Waals surface area contributed by atoms with Gasteiger partial charge in [-0.2, -0.15) is 8.42 Å². The number of carbonyl (C=O) groups excluding carboxylic acids is 1. The summed E-state index contributed by atoms with van der Waals surface area (Å²) in [7, 11) is -2.24. The summed E-state index contributed by atoms with van der Waals surface area (Å²) in [5.41, 5.74) is 5.27. The number of nitrogens with two attached hydrogens (primary N) is 1. The topological polar surface area (TPSA) is 163 Å². The highest BCUT2D eigenvalue weighted by molar-refractivity contribution is 7.92. The van der Waals surface area contributed by atoms with Gasteiger partial charge in [-0.3, -0.25) is 23.4 Å². The van der Waals surface area contributed by atoms with Crippen molar-refractivity contribution in [3.8, 4) is 0 Å². The van der Waals surface area contributed by atoms with Gasteiger partial charge < -0.3 is 15.6 Å². The first-order chi connectivity index (χ1) is 19.5. The van der Waals surface area contributed by atoms with Crippen LogP contribution >= 0.6 is 0 Å². The van der Waals surface area contributed by atoms with E-state index in [-0.39, 0.29) is 47.3 Å². The van der Waals surface area contributed by atoms with Crippen LogP contribution in [0.5, 0.6) is 0 Å². The van der Waals surface area contributed by atoms with Crippen molar-refractivity contribution < 1.29 is 17.6 Å². The summed E-state index contributed by atoms with van der Waals surface area (Å²) in [4.78, 5) is 43.2. The van der Waals surface area contributed by atoms with Crippen LogP contribution in [0.2, 0.25) is 0 Å². The SMILES string of the molecule is CCCCn1c(N)c(NC(=O)Cc2ccc(NS(=O)(=O)c3cn(C)cn3)cc2)c(=O)n(Cc2ccccc2F)c1=O. The van der Waals surface area contributed by atoms with Crippen molar-refractivity contribution in [2.24, 2.45) is 7.05 Å². The smallest absolute Gasteiger partial charge is 0.332 e. The third kappa shape index (κ3) is 6.72. The Morgan fingerprint density at radius 2 is 1.78 bits per heavy atom. The van der Waals surface area contributed by atoms with Gasteiger partial charge in [0.25, 0.3) is 15.6 Å². The van der Waals surface area contributed by atoms with E-state index in [1.54, 1.807) is 25.2 Å². The predicted octanol–water partition coefficient (Wildman–Crippen LogP) is 2.30. The number of halogens is 1. The molecular formula is C27H30FN7O5S. The molecule has 0 unspecified atom stereocenters. The lowest BCUT2D eigenvalue weighted by Gasteiger charge is -2.17. The quantitative estimate of drug-likeness (QED) is 0.244. The summed E-state index contributed by atoms with van der Waals surface area (Å²) in [6.45, 7) is 1.79. The molecule has 0 spiro atoms.